The molecular formula is C20H18NO5S-. The second kappa shape index (κ2) is 8.18. The minimum atomic E-state index is -1.25. The molecule has 0 spiro atoms. The van der Waals surface area contributed by atoms with E-state index in [1.165, 1.54) is 18.4 Å². The molecule has 2 atom stereocenters. The Morgan fingerprint density at radius 1 is 1.11 bits per heavy atom. The third kappa shape index (κ3) is 3.93. The average molecular weight is 384 g/mol. The van der Waals surface area contributed by atoms with Crippen molar-refractivity contribution in [3.05, 3.63) is 53.4 Å². The number of hydrogen-bond acceptors (Lipinski definition) is 6. The maximum absolute atomic E-state index is 12.7. The van der Waals surface area contributed by atoms with Gasteiger partial charge in [-0.05, 0) is 18.4 Å². The lowest BCUT2D eigenvalue weighted by Gasteiger charge is -2.28. The number of thiophene rings is 1. The van der Waals surface area contributed by atoms with Crippen LogP contribution in [0.1, 0.15) is 23.2 Å². The topological polar surface area (TPSA) is 95.5 Å². The van der Waals surface area contributed by atoms with E-state index in [0.29, 0.717) is 17.0 Å². The summed E-state index contributed by atoms with van der Waals surface area (Å²) in [5, 5.41) is 16.2. The highest BCUT2D eigenvalue weighted by Crippen LogP contribution is 2.37. The number of aliphatic carboxylic acids is 1. The van der Waals surface area contributed by atoms with Gasteiger partial charge >= 0.3 is 5.97 Å². The van der Waals surface area contributed by atoms with Crippen LogP contribution >= 0.6 is 11.3 Å². The molecule has 1 amide bonds. The van der Waals surface area contributed by atoms with E-state index in [4.69, 9.17) is 4.74 Å². The zero-order valence-electron chi connectivity index (χ0n) is 14.6. The summed E-state index contributed by atoms with van der Waals surface area (Å²) in [5.74, 6) is -3.88. The number of allylic oxidation sites excluding steroid dienone is 2. The van der Waals surface area contributed by atoms with Crippen LogP contribution < -0.4 is 10.4 Å². The number of hydrogen-bond donors (Lipinski definition) is 1. The number of carbonyl (C=O) groups is 3. The van der Waals surface area contributed by atoms with Crippen LogP contribution in [0, 0.1) is 11.8 Å². The third-order valence-electron chi connectivity index (χ3n) is 4.57. The summed E-state index contributed by atoms with van der Waals surface area (Å²) in [6, 6.07) is 9.29. The summed E-state index contributed by atoms with van der Waals surface area (Å²) in [6.45, 7) is 0. The van der Waals surface area contributed by atoms with Crippen LogP contribution in [0.3, 0.4) is 0 Å². The lowest BCUT2D eigenvalue weighted by Crippen LogP contribution is -2.41. The number of benzene rings is 1. The van der Waals surface area contributed by atoms with Gasteiger partial charge in [-0.25, -0.2) is 4.79 Å². The van der Waals surface area contributed by atoms with E-state index >= 15 is 0 Å². The van der Waals surface area contributed by atoms with Crippen LogP contribution in [-0.2, 0) is 14.3 Å². The first-order chi connectivity index (χ1) is 13.0. The molecule has 1 aromatic heterocycles. The maximum Gasteiger partial charge on any atom is 0.341 e. The molecule has 6 nitrogen and oxygen atoms in total. The van der Waals surface area contributed by atoms with E-state index in [0.717, 1.165) is 5.56 Å². The molecule has 1 N–H and O–H groups in total. The summed E-state index contributed by atoms with van der Waals surface area (Å²) < 4.78 is 4.88. The van der Waals surface area contributed by atoms with Gasteiger partial charge in [0.15, 0.2) is 0 Å². The molecule has 27 heavy (non-hydrogen) atoms. The van der Waals surface area contributed by atoms with Crippen molar-refractivity contribution in [2.75, 3.05) is 12.4 Å². The summed E-state index contributed by atoms with van der Waals surface area (Å²) in [4.78, 5) is 36.4. The van der Waals surface area contributed by atoms with Gasteiger partial charge in [-0.1, -0.05) is 42.5 Å². The molecular weight excluding hydrogens is 366 g/mol. The van der Waals surface area contributed by atoms with Crippen LogP contribution in [0.15, 0.2) is 47.9 Å². The highest BCUT2D eigenvalue weighted by Gasteiger charge is 2.31. The largest absolute Gasteiger partial charge is 0.550 e. The lowest BCUT2D eigenvalue weighted by molar-refractivity contribution is -0.313. The Kier molecular flexibility index (Phi) is 5.71. The molecule has 0 radical (unpaired) electrons. The molecule has 2 aromatic rings. The number of carboxylic acid groups (broad SMARTS) is 1. The van der Waals surface area contributed by atoms with Crippen molar-refractivity contribution in [3.63, 3.8) is 0 Å². The van der Waals surface area contributed by atoms with Crippen LogP contribution in [0.5, 0.6) is 0 Å². The number of anilines is 1. The number of nitrogens with one attached hydrogen (secondary N) is 1. The van der Waals surface area contributed by atoms with Gasteiger partial charge in [0.25, 0.3) is 0 Å². The highest BCUT2D eigenvalue weighted by atomic mass is 32.1. The molecule has 3 rings (SSSR count). The van der Waals surface area contributed by atoms with Gasteiger partial charge in [0, 0.05) is 22.8 Å². The molecule has 1 heterocycles. The molecule has 0 fully saturated rings. The van der Waals surface area contributed by atoms with Gasteiger partial charge in [0.2, 0.25) is 5.91 Å². The summed E-state index contributed by atoms with van der Waals surface area (Å²) in [5.41, 5.74) is 1.74. The second-order valence-corrected chi connectivity index (χ2v) is 7.05. The Morgan fingerprint density at radius 2 is 1.78 bits per heavy atom. The van der Waals surface area contributed by atoms with E-state index < -0.39 is 29.7 Å². The fraction of sp³-hybridized carbons (Fsp3) is 0.250. The Labute approximate surface area is 160 Å². The Hall–Kier alpha value is -2.93. The predicted molar refractivity (Wildman–Crippen MR) is 100 cm³/mol. The van der Waals surface area contributed by atoms with Crippen LogP contribution in [0.4, 0.5) is 5.00 Å². The quantitative estimate of drug-likeness (QED) is 0.631. The van der Waals surface area contributed by atoms with Crippen molar-refractivity contribution in [2.24, 2.45) is 11.8 Å². The minimum Gasteiger partial charge on any atom is -0.550 e. The highest BCUT2D eigenvalue weighted by molar-refractivity contribution is 7.15. The van der Waals surface area contributed by atoms with Crippen molar-refractivity contribution in [1.29, 1.82) is 0 Å². The van der Waals surface area contributed by atoms with Gasteiger partial charge < -0.3 is 20.0 Å². The fourth-order valence-corrected chi connectivity index (χ4v) is 4.11. The Morgan fingerprint density at radius 3 is 2.41 bits per heavy atom. The van der Waals surface area contributed by atoms with Crippen molar-refractivity contribution in [2.45, 2.75) is 12.8 Å². The molecule has 140 valence electrons. The number of carbonyl (C=O) groups excluding carboxylic acids is 3. The monoisotopic (exact) mass is 384 g/mol. The Bertz CT molecular complexity index is 887. The normalized spacial score (nSPS) is 18.7. The summed E-state index contributed by atoms with van der Waals surface area (Å²) in [6.07, 6.45) is 4.09. The summed E-state index contributed by atoms with van der Waals surface area (Å²) in [7, 11) is 1.28. The number of ether oxygens (including phenoxy) is 1. The molecule has 7 heteroatoms. The lowest BCUT2D eigenvalue weighted by atomic mass is 9.82. The number of carboxylic acids is 1. The minimum absolute atomic E-state index is 0.254. The van der Waals surface area contributed by atoms with E-state index in [1.54, 1.807) is 17.5 Å². The molecule has 0 saturated heterocycles. The van der Waals surface area contributed by atoms with Crippen LogP contribution in [-0.4, -0.2) is 25.0 Å². The molecule has 0 bridgehead atoms. The Balaban J connectivity index is 1.92. The number of esters is 1. The SMILES string of the molecule is COC(=O)c1c(-c2ccccc2)csc1NC(=O)[C@H]1CC=CC[C@H]1C(=O)[O-]. The zero-order chi connectivity index (χ0) is 19.4. The first-order valence-corrected chi connectivity index (χ1v) is 9.32. The van der Waals surface area contributed by atoms with E-state index in [9.17, 15) is 19.5 Å². The van der Waals surface area contributed by atoms with E-state index in [2.05, 4.69) is 5.32 Å². The average Bonchev–Trinajstić information content (AvgIpc) is 3.11. The number of amides is 1. The maximum atomic E-state index is 12.7. The van der Waals surface area contributed by atoms with Gasteiger partial charge in [-0.15, -0.1) is 11.3 Å². The molecule has 0 saturated carbocycles. The second-order valence-electron chi connectivity index (χ2n) is 6.18. The van der Waals surface area contributed by atoms with E-state index in [-0.39, 0.29) is 12.0 Å². The fourth-order valence-electron chi connectivity index (χ4n) is 3.15. The zero-order valence-corrected chi connectivity index (χ0v) is 15.5. The van der Waals surface area contributed by atoms with E-state index in [1.807, 2.05) is 30.3 Å². The number of methoxy groups -OCH3 is 1. The molecule has 0 unspecified atom stereocenters. The van der Waals surface area contributed by atoms with Gasteiger partial charge in [-0.3, -0.25) is 4.79 Å². The first kappa shape index (κ1) is 18.8. The molecule has 1 aromatic carbocycles. The summed E-state index contributed by atoms with van der Waals surface area (Å²) >= 11 is 1.20. The van der Waals surface area contributed by atoms with Crippen molar-refractivity contribution in [1.82, 2.24) is 0 Å². The third-order valence-corrected chi connectivity index (χ3v) is 5.47. The van der Waals surface area contributed by atoms with Gasteiger partial charge in [0.05, 0.1) is 13.0 Å². The van der Waals surface area contributed by atoms with Crippen molar-refractivity contribution in [3.8, 4) is 11.1 Å². The predicted octanol–water partition coefficient (Wildman–Crippen LogP) is 2.47. The standard InChI is InChI=1S/C20H19NO5S/c1-26-20(25)16-15(12-7-3-2-4-8-12)11-27-18(16)21-17(22)13-9-5-6-10-14(13)19(23)24/h2-8,11,13-14H,9-10H2,1H3,(H,21,22)(H,23,24)/p-1/t13-,14+/m0/s1. The molecule has 1 aliphatic rings. The molecule has 1 aliphatic carbocycles. The first-order valence-electron chi connectivity index (χ1n) is 8.45. The van der Waals surface area contributed by atoms with Crippen LogP contribution in [0.25, 0.3) is 11.1 Å². The van der Waals surface area contributed by atoms with Gasteiger partial charge in [-0.2, -0.15) is 0 Å². The van der Waals surface area contributed by atoms with Crippen LogP contribution in [0.2, 0.25) is 0 Å². The van der Waals surface area contributed by atoms with Crippen molar-refractivity contribution >= 4 is 34.2 Å². The van der Waals surface area contributed by atoms with Gasteiger partial charge in [0.1, 0.15) is 10.6 Å². The molecule has 0 aliphatic heterocycles. The number of rotatable bonds is 5. The van der Waals surface area contributed by atoms with Crippen molar-refractivity contribution < 1.29 is 24.2 Å². The smallest absolute Gasteiger partial charge is 0.341 e.